The number of para-hydroxylation sites is 1. The Kier molecular flexibility index (Phi) is 6.19. The maximum absolute atomic E-state index is 13.4. The van der Waals surface area contributed by atoms with Gasteiger partial charge in [0.15, 0.2) is 17.2 Å². The van der Waals surface area contributed by atoms with Gasteiger partial charge in [-0.3, -0.25) is 9.20 Å². The van der Waals surface area contributed by atoms with Crippen molar-refractivity contribution in [1.82, 2.24) is 19.5 Å². The molecule has 2 aromatic heterocycles. The van der Waals surface area contributed by atoms with Crippen LogP contribution in [0.15, 0.2) is 53.5 Å². The number of hydrogen-bond donors (Lipinski definition) is 1. The largest absolute Gasteiger partial charge is 0.491 e. The predicted octanol–water partition coefficient (Wildman–Crippen LogP) is 2.00. The molecule has 3 rings (SSSR count). The third-order valence-electron chi connectivity index (χ3n) is 4.00. The molecule has 3 aromatic rings. The molecule has 0 aliphatic carbocycles. The van der Waals surface area contributed by atoms with Gasteiger partial charge in [0, 0.05) is 25.7 Å². The van der Waals surface area contributed by atoms with E-state index in [2.05, 4.69) is 10.4 Å². The van der Waals surface area contributed by atoms with E-state index in [4.69, 9.17) is 4.74 Å². The highest BCUT2D eigenvalue weighted by atomic mass is 19.1. The van der Waals surface area contributed by atoms with Crippen LogP contribution in [-0.4, -0.2) is 33.2 Å². The fourth-order valence-corrected chi connectivity index (χ4v) is 2.64. The predicted molar refractivity (Wildman–Crippen MR) is 98.2 cm³/mol. The third-order valence-corrected chi connectivity index (χ3v) is 4.00. The lowest BCUT2D eigenvalue weighted by atomic mass is 10.3. The van der Waals surface area contributed by atoms with Crippen LogP contribution in [-0.2, 0) is 11.3 Å². The lowest BCUT2D eigenvalue weighted by molar-refractivity contribution is -0.121. The van der Waals surface area contributed by atoms with Crippen molar-refractivity contribution in [1.29, 1.82) is 0 Å². The van der Waals surface area contributed by atoms with Crippen LogP contribution in [0.2, 0.25) is 0 Å². The van der Waals surface area contributed by atoms with Crippen molar-refractivity contribution in [2.75, 3.05) is 13.2 Å². The molecule has 0 fully saturated rings. The number of pyridine rings is 1. The summed E-state index contributed by atoms with van der Waals surface area (Å²) in [5.74, 6) is -0.325. The monoisotopic (exact) mass is 372 g/mol. The zero-order valence-corrected chi connectivity index (χ0v) is 14.8. The van der Waals surface area contributed by atoms with Crippen molar-refractivity contribution in [3.63, 3.8) is 0 Å². The molecule has 8 heteroatoms. The molecule has 142 valence electrons. The summed E-state index contributed by atoms with van der Waals surface area (Å²) in [5.41, 5.74) is 0.406. The van der Waals surface area contributed by atoms with Gasteiger partial charge in [-0.05, 0) is 37.1 Å². The van der Waals surface area contributed by atoms with E-state index >= 15 is 0 Å². The summed E-state index contributed by atoms with van der Waals surface area (Å²) in [7, 11) is 0. The first-order chi connectivity index (χ1) is 13.1. The molecule has 0 saturated carbocycles. The SMILES string of the molecule is O=C(CCCOc1ccccc1F)NCCCn1nc2ccccn2c1=O. The molecule has 0 spiro atoms. The van der Waals surface area contributed by atoms with Crippen LogP contribution in [0.1, 0.15) is 19.3 Å². The molecule has 0 aliphatic heterocycles. The molecule has 0 aliphatic rings. The average Bonchev–Trinajstić information content (AvgIpc) is 3.00. The first kappa shape index (κ1) is 18.6. The van der Waals surface area contributed by atoms with Crippen LogP contribution >= 0.6 is 0 Å². The quantitative estimate of drug-likeness (QED) is 0.583. The summed E-state index contributed by atoms with van der Waals surface area (Å²) in [4.78, 5) is 23.9. The van der Waals surface area contributed by atoms with Crippen LogP contribution < -0.4 is 15.7 Å². The van der Waals surface area contributed by atoms with Gasteiger partial charge in [0.2, 0.25) is 5.91 Å². The molecule has 0 unspecified atom stereocenters. The second kappa shape index (κ2) is 8.98. The third kappa shape index (κ3) is 4.93. The standard InChI is InChI=1S/C19H21FN4O3/c20-15-7-1-2-8-16(15)27-14-5-10-18(25)21-11-6-13-24-19(26)23-12-4-3-9-17(23)22-24/h1-4,7-9,12H,5-6,10-11,13-14H2,(H,21,25). The molecule has 0 bridgehead atoms. The number of carbonyl (C=O) groups excluding carboxylic acids is 1. The van der Waals surface area contributed by atoms with Crippen LogP contribution in [0, 0.1) is 5.82 Å². The Hall–Kier alpha value is -3.16. The van der Waals surface area contributed by atoms with E-state index in [1.165, 1.54) is 15.1 Å². The highest BCUT2D eigenvalue weighted by Crippen LogP contribution is 2.15. The van der Waals surface area contributed by atoms with Gasteiger partial charge in [-0.15, -0.1) is 5.10 Å². The number of halogens is 1. The van der Waals surface area contributed by atoms with Crippen molar-refractivity contribution < 1.29 is 13.9 Å². The lowest BCUT2D eigenvalue weighted by Gasteiger charge is -2.07. The number of nitrogens with one attached hydrogen (secondary N) is 1. The summed E-state index contributed by atoms with van der Waals surface area (Å²) in [6.07, 6.45) is 3.06. The number of nitrogens with zero attached hydrogens (tertiary/aromatic N) is 3. The topological polar surface area (TPSA) is 77.6 Å². The van der Waals surface area contributed by atoms with Crippen molar-refractivity contribution in [3.8, 4) is 5.75 Å². The molecular formula is C19H21FN4O3. The number of aromatic nitrogens is 3. The number of aryl methyl sites for hydroxylation is 1. The number of amides is 1. The fraction of sp³-hybridized carbons (Fsp3) is 0.316. The Balaban J connectivity index is 1.33. The van der Waals surface area contributed by atoms with Gasteiger partial charge in [0.1, 0.15) is 0 Å². The number of ether oxygens (including phenoxy) is 1. The Morgan fingerprint density at radius 1 is 1.15 bits per heavy atom. The van der Waals surface area contributed by atoms with Gasteiger partial charge in [0.05, 0.1) is 6.61 Å². The van der Waals surface area contributed by atoms with Gasteiger partial charge in [0.25, 0.3) is 0 Å². The molecule has 1 amide bonds. The van der Waals surface area contributed by atoms with Crippen LogP contribution in [0.5, 0.6) is 5.75 Å². The Morgan fingerprint density at radius 3 is 2.78 bits per heavy atom. The van der Waals surface area contributed by atoms with Crippen LogP contribution in [0.3, 0.4) is 0 Å². The normalized spacial score (nSPS) is 10.9. The van der Waals surface area contributed by atoms with Gasteiger partial charge < -0.3 is 10.1 Å². The van der Waals surface area contributed by atoms with Crippen molar-refractivity contribution in [3.05, 3.63) is 65.0 Å². The second-order valence-corrected chi connectivity index (χ2v) is 6.02. The van der Waals surface area contributed by atoms with E-state index in [0.717, 1.165) is 0 Å². The average molecular weight is 372 g/mol. The smallest absolute Gasteiger partial charge is 0.350 e. The molecular weight excluding hydrogens is 351 g/mol. The molecule has 0 radical (unpaired) electrons. The van der Waals surface area contributed by atoms with Gasteiger partial charge >= 0.3 is 5.69 Å². The number of rotatable bonds is 9. The van der Waals surface area contributed by atoms with Crippen molar-refractivity contribution in [2.24, 2.45) is 0 Å². The Labute approximate surface area is 155 Å². The molecule has 2 heterocycles. The Morgan fingerprint density at radius 2 is 1.96 bits per heavy atom. The minimum atomic E-state index is -0.413. The highest BCUT2D eigenvalue weighted by Gasteiger charge is 2.06. The summed E-state index contributed by atoms with van der Waals surface area (Å²) in [6.45, 7) is 1.15. The molecule has 0 saturated heterocycles. The molecule has 27 heavy (non-hydrogen) atoms. The maximum atomic E-state index is 13.4. The van der Waals surface area contributed by atoms with Gasteiger partial charge in [-0.25, -0.2) is 13.9 Å². The molecule has 1 aromatic carbocycles. The van der Waals surface area contributed by atoms with Gasteiger partial charge in [-0.2, -0.15) is 0 Å². The minimum absolute atomic E-state index is 0.102. The van der Waals surface area contributed by atoms with E-state index in [-0.39, 0.29) is 24.0 Å². The highest BCUT2D eigenvalue weighted by molar-refractivity contribution is 5.75. The van der Waals surface area contributed by atoms with Crippen LogP contribution in [0.4, 0.5) is 4.39 Å². The van der Waals surface area contributed by atoms with E-state index < -0.39 is 5.82 Å². The van der Waals surface area contributed by atoms with Crippen molar-refractivity contribution in [2.45, 2.75) is 25.8 Å². The zero-order chi connectivity index (χ0) is 19.1. The lowest BCUT2D eigenvalue weighted by Crippen LogP contribution is -2.27. The van der Waals surface area contributed by atoms with E-state index in [1.807, 2.05) is 6.07 Å². The first-order valence-electron chi connectivity index (χ1n) is 8.83. The number of carbonyl (C=O) groups is 1. The maximum Gasteiger partial charge on any atom is 0.350 e. The minimum Gasteiger partial charge on any atom is -0.491 e. The van der Waals surface area contributed by atoms with Crippen molar-refractivity contribution >= 4 is 11.6 Å². The van der Waals surface area contributed by atoms with Gasteiger partial charge in [-0.1, -0.05) is 18.2 Å². The first-order valence-corrected chi connectivity index (χ1v) is 8.83. The number of hydrogen-bond acceptors (Lipinski definition) is 4. The molecule has 0 atom stereocenters. The van der Waals surface area contributed by atoms with Crippen LogP contribution in [0.25, 0.3) is 5.65 Å². The number of fused-ring (bicyclic) bond motifs is 1. The number of benzene rings is 1. The molecule has 1 N–H and O–H groups in total. The van der Waals surface area contributed by atoms with E-state index in [9.17, 15) is 14.0 Å². The summed E-state index contributed by atoms with van der Waals surface area (Å²) < 4.78 is 21.6. The van der Waals surface area contributed by atoms with E-state index in [1.54, 1.807) is 36.5 Å². The summed E-state index contributed by atoms with van der Waals surface area (Å²) in [5, 5.41) is 7.03. The molecule has 7 nitrogen and oxygen atoms in total. The Bertz CT molecular complexity index is 967. The summed E-state index contributed by atoms with van der Waals surface area (Å²) in [6, 6.07) is 11.5. The second-order valence-electron chi connectivity index (χ2n) is 6.02. The van der Waals surface area contributed by atoms with E-state index in [0.29, 0.717) is 38.0 Å². The zero-order valence-electron chi connectivity index (χ0n) is 14.8. The summed E-state index contributed by atoms with van der Waals surface area (Å²) >= 11 is 0. The fourth-order valence-electron chi connectivity index (χ4n) is 2.64.